The van der Waals surface area contributed by atoms with Gasteiger partial charge in [0, 0.05) is 19.6 Å². The van der Waals surface area contributed by atoms with Crippen molar-refractivity contribution < 1.29 is 13.2 Å². The SMILES string of the molecule is CCNC(=NCCCc1ccccc1)NCCCN(C)CC(F)(F)F.I. The molecule has 0 saturated heterocycles. The second-order valence-electron chi connectivity index (χ2n) is 5.98. The molecule has 0 saturated carbocycles. The Morgan fingerprint density at radius 1 is 1.12 bits per heavy atom. The molecule has 1 aromatic rings. The van der Waals surface area contributed by atoms with E-state index >= 15 is 0 Å². The minimum atomic E-state index is -4.14. The topological polar surface area (TPSA) is 39.7 Å². The number of hydrogen-bond donors (Lipinski definition) is 2. The molecule has 4 nitrogen and oxygen atoms in total. The first kappa shape index (κ1) is 25.0. The lowest BCUT2D eigenvalue weighted by atomic mass is 10.1. The molecule has 0 spiro atoms. The third kappa shape index (κ3) is 13.2. The highest BCUT2D eigenvalue weighted by molar-refractivity contribution is 14.0. The Kier molecular flexibility index (Phi) is 13.5. The Bertz CT molecular complexity index is 495. The number of aliphatic imine (C=N–C) groups is 1. The van der Waals surface area contributed by atoms with Crippen molar-refractivity contribution in [3.05, 3.63) is 35.9 Å². The second-order valence-corrected chi connectivity index (χ2v) is 5.98. The molecule has 0 bridgehead atoms. The molecule has 0 heterocycles. The van der Waals surface area contributed by atoms with E-state index in [9.17, 15) is 13.2 Å². The van der Waals surface area contributed by atoms with Crippen LogP contribution in [-0.4, -0.2) is 56.8 Å². The van der Waals surface area contributed by atoms with Crippen molar-refractivity contribution in [1.82, 2.24) is 15.5 Å². The summed E-state index contributed by atoms with van der Waals surface area (Å²) < 4.78 is 36.8. The molecule has 150 valence electrons. The fourth-order valence-electron chi connectivity index (χ4n) is 2.40. The minimum Gasteiger partial charge on any atom is -0.357 e. The maximum Gasteiger partial charge on any atom is 0.401 e. The first-order chi connectivity index (χ1) is 11.9. The largest absolute Gasteiger partial charge is 0.401 e. The zero-order valence-electron chi connectivity index (χ0n) is 15.5. The highest BCUT2D eigenvalue weighted by Crippen LogP contribution is 2.15. The van der Waals surface area contributed by atoms with Gasteiger partial charge in [-0.3, -0.25) is 9.89 Å². The third-order valence-corrected chi connectivity index (χ3v) is 3.54. The van der Waals surface area contributed by atoms with Crippen molar-refractivity contribution in [3.63, 3.8) is 0 Å². The van der Waals surface area contributed by atoms with Gasteiger partial charge in [-0.1, -0.05) is 30.3 Å². The normalized spacial score (nSPS) is 12.0. The zero-order chi connectivity index (χ0) is 18.5. The van der Waals surface area contributed by atoms with Gasteiger partial charge in [0.05, 0.1) is 6.54 Å². The van der Waals surface area contributed by atoms with Gasteiger partial charge >= 0.3 is 6.18 Å². The van der Waals surface area contributed by atoms with E-state index in [2.05, 4.69) is 27.8 Å². The summed E-state index contributed by atoms with van der Waals surface area (Å²) in [6, 6.07) is 10.3. The summed E-state index contributed by atoms with van der Waals surface area (Å²) in [6.07, 6.45) is -1.58. The molecule has 0 atom stereocenters. The van der Waals surface area contributed by atoms with Crippen LogP contribution in [0.3, 0.4) is 0 Å². The Morgan fingerprint density at radius 3 is 2.42 bits per heavy atom. The lowest BCUT2D eigenvalue weighted by Gasteiger charge is -2.18. The van der Waals surface area contributed by atoms with Crippen LogP contribution in [0.2, 0.25) is 0 Å². The van der Waals surface area contributed by atoms with E-state index in [1.165, 1.54) is 17.5 Å². The molecule has 1 rings (SSSR count). The number of nitrogens with zero attached hydrogens (tertiary/aromatic N) is 2. The first-order valence-electron chi connectivity index (χ1n) is 8.72. The average Bonchev–Trinajstić information content (AvgIpc) is 2.54. The summed E-state index contributed by atoms with van der Waals surface area (Å²) in [6.45, 7) is 3.54. The fraction of sp³-hybridized carbons (Fsp3) is 0.611. The van der Waals surface area contributed by atoms with E-state index in [1.807, 2.05) is 25.1 Å². The lowest BCUT2D eigenvalue weighted by molar-refractivity contribution is -0.143. The van der Waals surface area contributed by atoms with Crippen LogP contribution in [0.25, 0.3) is 0 Å². The molecule has 8 heteroatoms. The van der Waals surface area contributed by atoms with Gasteiger partial charge in [-0.05, 0) is 45.3 Å². The molecule has 0 amide bonds. The second kappa shape index (κ2) is 14.1. The van der Waals surface area contributed by atoms with Gasteiger partial charge in [0.1, 0.15) is 0 Å². The number of rotatable bonds is 10. The Hall–Kier alpha value is -1.03. The van der Waals surface area contributed by atoms with Gasteiger partial charge in [-0.15, -0.1) is 24.0 Å². The van der Waals surface area contributed by atoms with Crippen LogP contribution in [0.1, 0.15) is 25.3 Å². The first-order valence-corrected chi connectivity index (χ1v) is 8.72. The van der Waals surface area contributed by atoms with E-state index in [0.717, 1.165) is 19.4 Å². The Morgan fingerprint density at radius 2 is 1.81 bits per heavy atom. The molecule has 0 unspecified atom stereocenters. The fourth-order valence-corrected chi connectivity index (χ4v) is 2.40. The van der Waals surface area contributed by atoms with E-state index < -0.39 is 12.7 Å². The van der Waals surface area contributed by atoms with Crippen molar-refractivity contribution in [1.29, 1.82) is 0 Å². The summed E-state index contributed by atoms with van der Waals surface area (Å²) in [5, 5.41) is 6.32. The molecule has 0 radical (unpaired) electrons. The number of benzene rings is 1. The van der Waals surface area contributed by atoms with Crippen LogP contribution in [0, 0.1) is 0 Å². The van der Waals surface area contributed by atoms with E-state index in [-0.39, 0.29) is 24.0 Å². The Labute approximate surface area is 171 Å². The predicted octanol–water partition coefficient (Wildman–Crippen LogP) is 3.68. The van der Waals surface area contributed by atoms with Crippen LogP contribution in [0.5, 0.6) is 0 Å². The standard InChI is InChI=1S/C18H29F3N4.HI/c1-3-22-17(23-12-7-11-16-9-5-4-6-10-16)24-13-8-14-25(2)15-18(19,20)21;/h4-6,9-10H,3,7-8,11-15H2,1-2H3,(H2,22,23,24);1H. The van der Waals surface area contributed by atoms with Crippen LogP contribution in [0.4, 0.5) is 13.2 Å². The van der Waals surface area contributed by atoms with E-state index in [1.54, 1.807) is 0 Å². The van der Waals surface area contributed by atoms with Crippen molar-refractivity contribution in [2.24, 2.45) is 4.99 Å². The molecule has 0 aliphatic heterocycles. The number of nitrogens with one attached hydrogen (secondary N) is 2. The highest BCUT2D eigenvalue weighted by Gasteiger charge is 2.28. The van der Waals surface area contributed by atoms with Gasteiger partial charge in [0.2, 0.25) is 0 Å². The van der Waals surface area contributed by atoms with Gasteiger partial charge in [0.15, 0.2) is 5.96 Å². The third-order valence-electron chi connectivity index (χ3n) is 3.54. The molecule has 0 aliphatic carbocycles. The number of halogens is 4. The summed E-state index contributed by atoms with van der Waals surface area (Å²) in [5.41, 5.74) is 1.29. The van der Waals surface area contributed by atoms with E-state index in [4.69, 9.17) is 0 Å². The van der Waals surface area contributed by atoms with E-state index in [0.29, 0.717) is 32.0 Å². The molecule has 2 N–H and O–H groups in total. The number of guanidine groups is 1. The maximum atomic E-state index is 12.3. The number of aryl methyl sites for hydroxylation is 1. The van der Waals surface area contributed by atoms with Crippen molar-refractivity contribution in [2.45, 2.75) is 32.4 Å². The van der Waals surface area contributed by atoms with Gasteiger partial charge in [-0.2, -0.15) is 13.2 Å². The van der Waals surface area contributed by atoms with Crippen LogP contribution in [-0.2, 0) is 6.42 Å². The molecule has 0 aromatic heterocycles. The number of alkyl halides is 3. The average molecular weight is 486 g/mol. The summed E-state index contributed by atoms with van der Waals surface area (Å²) in [7, 11) is 1.48. The van der Waals surface area contributed by atoms with Crippen LogP contribution < -0.4 is 10.6 Å². The molecular formula is C18H30F3IN4. The molecule has 1 aromatic carbocycles. The van der Waals surface area contributed by atoms with Crippen molar-refractivity contribution >= 4 is 29.9 Å². The Balaban J connectivity index is 0.00000625. The molecular weight excluding hydrogens is 456 g/mol. The lowest BCUT2D eigenvalue weighted by Crippen LogP contribution is -2.39. The summed E-state index contributed by atoms with van der Waals surface area (Å²) in [5.74, 6) is 0.717. The van der Waals surface area contributed by atoms with Gasteiger partial charge < -0.3 is 10.6 Å². The monoisotopic (exact) mass is 486 g/mol. The number of hydrogen-bond acceptors (Lipinski definition) is 2. The minimum absolute atomic E-state index is 0. The quantitative estimate of drug-likeness (QED) is 0.230. The van der Waals surface area contributed by atoms with Crippen LogP contribution in [0.15, 0.2) is 35.3 Å². The van der Waals surface area contributed by atoms with Crippen molar-refractivity contribution in [3.8, 4) is 0 Å². The van der Waals surface area contributed by atoms with Crippen molar-refractivity contribution in [2.75, 3.05) is 39.8 Å². The van der Waals surface area contributed by atoms with Gasteiger partial charge in [0.25, 0.3) is 0 Å². The smallest absolute Gasteiger partial charge is 0.357 e. The highest BCUT2D eigenvalue weighted by atomic mass is 127. The van der Waals surface area contributed by atoms with Gasteiger partial charge in [-0.25, -0.2) is 0 Å². The molecule has 0 fully saturated rings. The maximum absolute atomic E-state index is 12.3. The predicted molar refractivity (Wildman–Crippen MR) is 112 cm³/mol. The zero-order valence-corrected chi connectivity index (χ0v) is 17.8. The summed E-state index contributed by atoms with van der Waals surface area (Å²) in [4.78, 5) is 5.79. The molecule has 26 heavy (non-hydrogen) atoms. The molecule has 0 aliphatic rings. The van der Waals surface area contributed by atoms with Crippen LogP contribution >= 0.6 is 24.0 Å². The summed E-state index contributed by atoms with van der Waals surface area (Å²) >= 11 is 0.